The second-order valence-electron chi connectivity index (χ2n) is 3.00. The van der Waals surface area contributed by atoms with Crippen LogP contribution in [0.5, 0.6) is 0 Å². The first-order valence-corrected chi connectivity index (χ1v) is 5.27. The molecule has 3 N–H and O–H groups in total. The number of amides is 2. The third-order valence-corrected chi connectivity index (χ3v) is 1.95. The molecule has 0 aliphatic rings. The Bertz CT molecular complexity index is 413. The molecule has 0 radical (unpaired) electrons. The zero-order valence-electron chi connectivity index (χ0n) is 8.77. The maximum absolute atomic E-state index is 11.1. The summed E-state index contributed by atoms with van der Waals surface area (Å²) in [5.74, 6) is 0.310. The van der Waals surface area contributed by atoms with Crippen molar-refractivity contribution in [2.24, 2.45) is 0 Å². The summed E-state index contributed by atoms with van der Waals surface area (Å²) in [6.07, 6.45) is 0. The fourth-order valence-electron chi connectivity index (χ4n) is 1.03. The predicted octanol–water partition coefficient (Wildman–Crippen LogP) is 1.46. The molecule has 17 heavy (non-hydrogen) atoms. The van der Waals surface area contributed by atoms with Gasteiger partial charge in [-0.15, -0.1) is 11.6 Å². The molecule has 7 nitrogen and oxygen atoms in total. The van der Waals surface area contributed by atoms with E-state index in [0.29, 0.717) is 18.1 Å². The Balaban J connectivity index is 2.49. The van der Waals surface area contributed by atoms with Crippen LogP contribution in [0.2, 0.25) is 0 Å². The van der Waals surface area contributed by atoms with Gasteiger partial charge >= 0.3 is 6.03 Å². The highest BCUT2D eigenvalue weighted by atomic mass is 35.5. The van der Waals surface area contributed by atoms with Crippen LogP contribution >= 0.6 is 11.6 Å². The molecular formula is C9H11ClN4O3. The monoisotopic (exact) mass is 258 g/mol. The van der Waals surface area contributed by atoms with Crippen molar-refractivity contribution in [2.45, 2.75) is 0 Å². The van der Waals surface area contributed by atoms with Gasteiger partial charge in [-0.1, -0.05) is 6.07 Å². The van der Waals surface area contributed by atoms with Gasteiger partial charge in [0.25, 0.3) is 5.69 Å². The minimum atomic E-state index is -0.515. The Hall–Kier alpha value is -2.02. The van der Waals surface area contributed by atoms with E-state index in [1.54, 1.807) is 6.07 Å². The Morgan fingerprint density at radius 3 is 2.88 bits per heavy atom. The standard InChI is InChI=1S/C9H11ClN4O3/c10-4-5-11-9(15)13-12-7-2-1-3-8(6-7)14(16)17/h1-3,6,12H,4-5H2,(H2,11,13,15). The van der Waals surface area contributed by atoms with E-state index in [0.717, 1.165) is 0 Å². The highest BCUT2D eigenvalue weighted by Gasteiger charge is 2.05. The van der Waals surface area contributed by atoms with Gasteiger partial charge in [-0.3, -0.25) is 21.0 Å². The zero-order chi connectivity index (χ0) is 12.7. The van der Waals surface area contributed by atoms with Crippen LogP contribution in [0.4, 0.5) is 16.2 Å². The number of nitro groups is 1. The van der Waals surface area contributed by atoms with Crippen molar-refractivity contribution in [3.05, 3.63) is 34.4 Å². The highest BCUT2D eigenvalue weighted by molar-refractivity contribution is 6.18. The molecule has 0 spiro atoms. The molecule has 8 heteroatoms. The molecular weight excluding hydrogens is 248 g/mol. The number of non-ortho nitro benzene ring substituents is 1. The summed E-state index contributed by atoms with van der Waals surface area (Å²) in [4.78, 5) is 21.1. The summed E-state index contributed by atoms with van der Waals surface area (Å²) in [6, 6.07) is 5.31. The van der Waals surface area contributed by atoms with Gasteiger partial charge in [0.05, 0.1) is 10.6 Å². The van der Waals surface area contributed by atoms with Crippen LogP contribution < -0.4 is 16.2 Å². The normalized spacial score (nSPS) is 9.47. The quantitative estimate of drug-likeness (QED) is 0.423. The van der Waals surface area contributed by atoms with Crippen molar-refractivity contribution in [1.82, 2.24) is 10.7 Å². The van der Waals surface area contributed by atoms with E-state index in [-0.39, 0.29) is 5.69 Å². The molecule has 0 saturated heterocycles. The Labute approximate surface area is 102 Å². The Morgan fingerprint density at radius 1 is 1.47 bits per heavy atom. The maximum Gasteiger partial charge on any atom is 0.333 e. The number of benzene rings is 1. The maximum atomic E-state index is 11.1. The van der Waals surface area contributed by atoms with E-state index in [9.17, 15) is 14.9 Å². The molecule has 92 valence electrons. The molecule has 1 rings (SSSR count). The van der Waals surface area contributed by atoms with E-state index in [1.807, 2.05) is 0 Å². The number of hydrazine groups is 1. The zero-order valence-corrected chi connectivity index (χ0v) is 9.53. The number of nitro benzene ring substituents is 1. The van der Waals surface area contributed by atoms with Crippen LogP contribution in [0.3, 0.4) is 0 Å². The van der Waals surface area contributed by atoms with Gasteiger partial charge in [0.1, 0.15) is 0 Å². The molecule has 1 aromatic rings. The number of nitrogens with zero attached hydrogens (tertiary/aromatic N) is 1. The first-order valence-electron chi connectivity index (χ1n) is 4.74. The number of carbonyl (C=O) groups is 1. The van der Waals surface area contributed by atoms with E-state index in [4.69, 9.17) is 11.6 Å². The topological polar surface area (TPSA) is 96.3 Å². The lowest BCUT2D eigenvalue weighted by Gasteiger charge is -2.08. The SMILES string of the molecule is O=C(NCCCl)NNc1cccc([N+](=O)[O-])c1. The summed E-state index contributed by atoms with van der Waals surface area (Å²) in [7, 11) is 0. The van der Waals surface area contributed by atoms with Crippen LogP contribution in [-0.4, -0.2) is 23.4 Å². The van der Waals surface area contributed by atoms with Crippen LogP contribution in [0.25, 0.3) is 0 Å². The molecule has 0 aromatic heterocycles. The molecule has 0 bridgehead atoms. The van der Waals surface area contributed by atoms with E-state index < -0.39 is 11.0 Å². The average Bonchev–Trinajstić information content (AvgIpc) is 2.34. The molecule has 0 aliphatic carbocycles. The summed E-state index contributed by atoms with van der Waals surface area (Å²) in [6.45, 7) is 0.337. The largest absolute Gasteiger partial charge is 0.336 e. The van der Waals surface area contributed by atoms with Crippen molar-refractivity contribution in [3.8, 4) is 0 Å². The number of alkyl halides is 1. The fourth-order valence-corrected chi connectivity index (χ4v) is 1.13. The Kier molecular flexibility index (Phi) is 5.02. The van der Waals surface area contributed by atoms with Crippen molar-refractivity contribution >= 4 is 29.0 Å². The molecule has 1 aromatic carbocycles. The number of carbonyl (C=O) groups excluding carboxylic acids is 1. The van der Waals surface area contributed by atoms with Gasteiger partial charge in [0.15, 0.2) is 0 Å². The molecule has 0 aliphatic heterocycles. The van der Waals surface area contributed by atoms with Gasteiger partial charge < -0.3 is 5.32 Å². The van der Waals surface area contributed by atoms with Crippen molar-refractivity contribution in [3.63, 3.8) is 0 Å². The number of hydrogen-bond donors (Lipinski definition) is 3. The molecule has 0 unspecified atom stereocenters. The fraction of sp³-hybridized carbons (Fsp3) is 0.222. The van der Waals surface area contributed by atoms with Crippen molar-refractivity contribution < 1.29 is 9.72 Å². The molecule has 2 amide bonds. The van der Waals surface area contributed by atoms with Gasteiger partial charge in [0, 0.05) is 24.6 Å². The molecule has 0 atom stereocenters. The van der Waals surface area contributed by atoms with Gasteiger partial charge in [-0.2, -0.15) is 0 Å². The van der Waals surface area contributed by atoms with Crippen LogP contribution in [0.1, 0.15) is 0 Å². The highest BCUT2D eigenvalue weighted by Crippen LogP contribution is 2.15. The number of halogens is 1. The van der Waals surface area contributed by atoms with Gasteiger partial charge in [-0.25, -0.2) is 4.79 Å². The molecule has 0 heterocycles. The second kappa shape index (κ2) is 6.54. The van der Waals surface area contributed by atoms with Gasteiger partial charge in [0.2, 0.25) is 0 Å². The average molecular weight is 259 g/mol. The number of anilines is 1. The van der Waals surface area contributed by atoms with E-state index in [1.165, 1.54) is 18.2 Å². The van der Waals surface area contributed by atoms with Gasteiger partial charge in [-0.05, 0) is 6.07 Å². The number of rotatable bonds is 5. The van der Waals surface area contributed by atoms with Crippen LogP contribution in [0, 0.1) is 10.1 Å². The summed E-state index contributed by atoms with van der Waals surface area (Å²) in [5.41, 5.74) is 5.22. The minimum Gasteiger partial charge on any atom is -0.336 e. The predicted molar refractivity (Wildman–Crippen MR) is 64.0 cm³/mol. The number of urea groups is 1. The third-order valence-electron chi connectivity index (χ3n) is 1.76. The summed E-state index contributed by atoms with van der Waals surface area (Å²) in [5, 5.41) is 13.0. The lowest BCUT2D eigenvalue weighted by Crippen LogP contribution is -2.39. The summed E-state index contributed by atoms with van der Waals surface area (Å²) >= 11 is 5.38. The first-order chi connectivity index (χ1) is 8.13. The van der Waals surface area contributed by atoms with E-state index in [2.05, 4.69) is 16.2 Å². The lowest BCUT2D eigenvalue weighted by atomic mass is 10.3. The number of nitrogens with one attached hydrogen (secondary N) is 3. The van der Waals surface area contributed by atoms with Crippen LogP contribution in [-0.2, 0) is 0 Å². The third kappa shape index (κ3) is 4.56. The van der Waals surface area contributed by atoms with Crippen molar-refractivity contribution in [1.29, 1.82) is 0 Å². The summed E-state index contributed by atoms with van der Waals surface area (Å²) < 4.78 is 0. The van der Waals surface area contributed by atoms with E-state index >= 15 is 0 Å². The lowest BCUT2D eigenvalue weighted by molar-refractivity contribution is -0.384. The molecule has 0 saturated carbocycles. The second-order valence-corrected chi connectivity index (χ2v) is 3.38. The minimum absolute atomic E-state index is 0.0574. The smallest absolute Gasteiger partial charge is 0.333 e. The van der Waals surface area contributed by atoms with Crippen molar-refractivity contribution in [2.75, 3.05) is 17.9 Å². The Morgan fingerprint density at radius 2 is 2.24 bits per heavy atom. The first kappa shape index (κ1) is 13.0. The number of hydrogen-bond acceptors (Lipinski definition) is 4. The molecule has 0 fully saturated rings. The van der Waals surface area contributed by atoms with Crippen LogP contribution in [0.15, 0.2) is 24.3 Å².